The first-order valence-electron chi connectivity index (χ1n) is 5.86. The molecule has 0 aromatic heterocycles. The number of halogens is 3. The summed E-state index contributed by atoms with van der Waals surface area (Å²) >= 11 is 6.48. The molecule has 0 bridgehead atoms. The molecule has 0 aliphatic carbocycles. The lowest BCUT2D eigenvalue weighted by Gasteiger charge is -2.03. The maximum atomic E-state index is 10.9. The molecule has 4 nitrogen and oxygen atoms in total. The summed E-state index contributed by atoms with van der Waals surface area (Å²) in [4.78, 5) is 0.0434. The van der Waals surface area contributed by atoms with E-state index in [4.69, 9.17) is 20.2 Å². The highest BCUT2D eigenvalue weighted by Crippen LogP contribution is 2.28. The van der Waals surface area contributed by atoms with E-state index in [1.54, 1.807) is 7.11 Å². The summed E-state index contributed by atoms with van der Waals surface area (Å²) < 4.78 is 33.2. The molecule has 0 atom stereocenters. The highest BCUT2D eigenvalue weighted by molar-refractivity contribution is 9.10. The van der Waals surface area contributed by atoms with E-state index in [9.17, 15) is 8.42 Å². The lowest BCUT2D eigenvalue weighted by molar-refractivity contribution is 0.411. The number of ether oxygens (including phenoxy) is 2. The third-order valence-electron chi connectivity index (χ3n) is 2.46. The first-order chi connectivity index (χ1) is 10.3. The molecule has 22 heavy (non-hydrogen) atoms. The molecule has 0 saturated heterocycles. The van der Waals surface area contributed by atoms with E-state index in [0.717, 1.165) is 10.2 Å². The van der Waals surface area contributed by atoms with Crippen LogP contribution in [0.5, 0.6) is 11.5 Å². The van der Waals surface area contributed by atoms with Crippen LogP contribution in [0.25, 0.3) is 0 Å². The zero-order valence-electron chi connectivity index (χ0n) is 11.7. The molecule has 0 unspecified atom stereocenters. The Hall–Kier alpha value is -0.760. The average molecular weight is 473 g/mol. The standard InChI is InChI=1S/C7H6BrClO3S.C7H7BrO/c1-12-7-3-2-5(4-6(7)8)13(9,10)11;1-9-7-5-3-2-4-6(7)8/h2-4H,1H3;2-5H,1H3. The summed E-state index contributed by atoms with van der Waals surface area (Å²) in [7, 11) is 4.62. The lowest BCUT2D eigenvalue weighted by Crippen LogP contribution is -1.91. The van der Waals surface area contributed by atoms with Gasteiger partial charge in [0, 0.05) is 10.7 Å². The van der Waals surface area contributed by atoms with Crippen LogP contribution < -0.4 is 9.47 Å². The van der Waals surface area contributed by atoms with Crippen molar-refractivity contribution in [3.8, 4) is 11.5 Å². The van der Waals surface area contributed by atoms with Crippen LogP contribution in [0, 0.1) is 0 Å². The molecular weight excluding hydrogens is 459 g/mol. The SMILES string of the molecule is COc1ccc(S(=O)(=O)Cl)cc1Br.COc1ccccc1Br. The van der Waals surface area contributed by atoms with Crippen molar-refractivity contribution in [1.82, 2.24) is 0 Å². The van der Waals surface area contributed by atoms with Crippen LogP contribution in [0.3, 0.4) is 0 Å². The maximum Gasteiger partial charge on any atom is 0.261 e. The third kappa shape index (κ3) is 5.79. The Morgan fingerprint density at radius 3 is 1.86 bits per heavy atom. The maximum absolute atomic E-state index is 10.9. The summed E-state index contributed by atoms with van der Waals surface area (Å²) in [5.41, 5.74) is 0. The van der Waals surface area contributed by atoms with Crippen molar-refractivity contribution in [3.63, 3.8) is 0 Å². The monoisotopic (exact) mass is 470 g/mol. The molecule has 0 N–H and O–H groups in total. The van der Waals surface area contributed by atoms with Gasteiger partial charge < -0.3 is 9.47 Å². The molecule has 0 aliphatic heterocycles. The van der Waals surface area contributed by atoms with Crippen molar-refractivity contribution in [1.29, 1.82) is 0 Å². The first kappa shape index (κ1) is 19.3. The topological polar surface area (TPSA) is 52.6 Å². The van der Waals surface area contributed by atoms with Gasteiger partial charge in [-0.05, 0) is 62.2 Å². The van der Waals surface area contributed by atoms with Gasteiger partial charge in [-0.3, -0.25) is 0 Å². The van der Waals surface area contributed by atoms with Crippen LogP contribution in [-0.2, 0) is 9.05 Å². The first-order valence-corrected chi connectivity index (χ1v) is 9.76. The molecule has 0 aliphatic rings. The van der Waals surface area contributed by atoms with Gasteiger partial charge in [0.25, 0.3) is 9.05 Å². The number of para-hydroxylation sites is 1. The second-order valence-corrected chi connectivity index (χ2v) is 8.14. The van der Waals surface area contributed by atoms with Gasteiger partial charge >= 0.3 is 0 Å². The highest BCUT2D eigenvalue weighted by Gasteiger charge is 2.11. The molecule has 120 valence electrons. The van der Waals surface area contributed by atoms with Gasteiger partial charge in [0.15, 0.2) is 0 Å². The molecule has 2 aromatic rings. The highest BCUT2D eigenvalue weighted by atomic mass is 79.9. The van der Waals surface area contributed by atoms with E-state index >= 15 is 0 Å². The number of benzene rings is 2. The fraction of sp³-hybridized carbons (Fsp3) is 0.143. The molecule has 0 radical (unpaired) electrons. The summed E-state index contributed by atoms with van der Waals surface area (Å²) in [6, 6.07) is 12.0. The van der Waals surface area contributed by atoms with E-state index in [1.165, 1.54) is 25.3 Å². The zero-order valence-corrected chi connectivity index (χ0v) is 16.5. The van der Waals surface area contributed by atoms with Gasteiger partial charge in [-0.25, -0.2) is 8.42 Å². The van der Waals surface area contributed by atoms with Crippen LogP contribution >= 0.6 is 42.5 Å². The van der Waals surface area contributed by atoms with E-state index < -0.39 is 9.05 Å². The van der Waals surface area contributed by atoms with Crippen LogP contribution in [0.15, 0.2) is 56.3 Å². The van der Waals surface area contributed by atoms with Crippen molar-refractivity contribution >= 4 is 51.6 Å². The quantitative estimate of drug-likeness (QED) is 0.600. The molecule has 8 heteroatoms. The lowest BCUT2D eigenvalue weighted by atomic mass is 10.3. The van der Waals surface area contributed by atoms with E-state index in [-0.39, 0.29) is 4.90 Å². The smallest absolute Gasteiger partial charge is 0.261 e. The van der Waals surface area contributed by atoms with Gasteiger partial charge in [0.1, 0.15) is 11.5 Å². The molecule has 0 fully saturated rings. The second kappa shape index (κ2) is 8.76. The average Bonchev–Trinajstić information content (AvgIpc) is 2.47. The van der Waals surface area contributed by atoms with Crippen LogP contribution in [-0.4, -0.2) is 22.6 Å². The largest absolute Gasteiger partial charge is 0.496 e. The Labute approximate surface area is 151 Å². The number of rotatable bonds is 3. The number of hydrogen-bond donors (Lipinski definition) is 0. The normalized spacial score (nSPS) is 10.4. The fourth-order valence-corrected chi connectivity index (χ4v) is 3.33. The summed E-state index contributed by atoms with van der Waals surface area (Å²) in [5.74, 6) is 1.43. The van der Waals surface area contributed by atoms with Gasteiger partial charge in [0.2, 0.25) is 0 Å². The van der Waals surface area contributed by atoms with Crippen LogP contribution in [0.2, 0.25) is 0 Å². The Kier molecular flexibility index (Phi) is 7.68. The number of hydrogen-bond acceptors (Lipinski definition) is 4. The van der Waals surface area contributed by atoms with E-state index in [1.807, 2.05) is 24.3 Å². The van der Waals surface area contributed by atoms with Gasteiger partial charge in [-0.1, -0.05) is 12.1 Å². The Balaban J connectivity index is 0.000000235. The van der Waals surface area contributed by atoms with Gasteiger partial charge in [0.05, 0.1) is 28.1 Å². The van der Waals surface area contributed by atoms with Crippen LogP contribution in [0.1, 0.15) is 0 Å². The van der Waals surface area contributed by atoms with E-state index in [2.05, 4.69) is 31.9 Å². The van der Waals surface area contributed by atoms with E-state index in [0.29, 0.717) is 10.2 Å². The Bertz CT molecular complexity index is 735. The second-order valence-electron chi connectivity index (χ2n) is 3.87. The summed E-state index contributed by atoms with van der Waals surface area (Å²) in [6.45, 7) is 0. The van der Waals surface area contributed by atoms with Crippen molar-refractivity contribution in [2.45, 2.75) is 4.90 Å². The van der Waals surface area contributed by atoms with Crippen molar-refractivity contribution in [2.24, 2.45) is 0 Å². The molecule has 0 amide bonds. The zero-order chi connectivity index (χ0) is 16.8. The van der Waals surface area contributed by atoms with Gasteiger partial charge in [-0.15, -0.1) is 0 Å². The van der Waals surface area contributed by atoms with Crippen LogP contribution in [0.4, 0.5) is 0 Å². The molecule has 2 aromatic carbocycles. The predicted molar refractivity (Wildman–Crippen MR) is 94.4 cm³/mol. The molecule has 0 saturated carbocycles. The Morgan fingerprint density at radius 2 is 1.45 bits per heavy atom. The van der Waals surface area contributed by atoms with Crippen molar-refractivity contribution in [3.05, 3.63) is 51.4 Å². The molecule has 2 rings (SSSR count). The Morgan fingerprint density at radius 1 is 0.909 bits per heavy atom. The molecule has 0 heterocycles. The summed E-state index contributed by atoms with van der Waals surface area (Å²) in [6.07, 6.45) is 0. The third-order valence-corrected chi connectivity index (χ3v) is 5.09. The van der Waals surface area contributed by atoms with Crippen molar-refractivity contribution in [2.75, 3.05) is 14.2 Å². The fourth-order valence-electron chi connectivity index (χ4n) is 1.41. The number of methoxy groups -OCH3 is 2. The minimum atomic E-state index is -3.66. The minimum Gasteiger partial charge on any atom is -0.496 e. The predicted octanol–water partition coefficient (Wildman–Crippen LogP) is 4.84. The van der Waals surface area contributed by atoms with Gasteiger partial charge in [-0.2, -0.15) is 0 Å². The minimum absolute atomic E-state index is 0.0434. The van der Waals surface area contributed by atoms with Crippen molar-refractivity contribution < 1.29 is 17.9 Å². The summed E-state index contributed by atoms with van der Waals surface area (Å²) in [5, 5.41) is 0. The molecule has 0 spiro atoms. The molecular formula is C14H13Br2ClO4S.